The molecule has 1 amide bonds. The molecule has 0 aliphatic heterocycles. The fourth-order valence-corrected chi connectivity index (χ4v) is 1.34. The maximum Gasteiger partial charge on any atom is 0.221 e. The largest absolute Gasteiger partial charge is 0.380 e. The van der Waals surface area contributed by atoms with E-state index in [0.717, 1.165) is 11.1 Å². The van der Waals surface area contributed by atoms with E-state index < -0.39 is 0 Å². The van der Waals surface area contributed by atoms with Gasteiger partial charge in [-0.2, -0.15) is 0 Å². The number of ether oxygens (including phenoxy) is 1. The minimum atomic E-state index is -0.0107. The molecule has 0 heterocycles. The van der Waals surface area contributed by atoms with Crippen LogP contribution >= 0.6 is 0 Å². The van der Waals surface area contributed by atoms with Crippen LogP contribution in [0.15, 0.2) is 24.3 Å². The van der Waals surface area contributed by atoms with Crippen LogP contribution in [-0.4, -0.2) is 19.6 Å². The lowest BCUT2D eigenvalue weighted by molar-refractivity contribution is -0.121. The highest BCUT2D eigenvalue weighted by Crippen LogP contribution is 2.05. The molecule has 0 bridgehead atoms. The Morgan fingerprint density at radius 3 is 2.50 bits per heavy atom. The highest BCUT2D eigenvalue weighted by Gasteiger charge is 1.99. The Morgan fingerprint density at radius 1 is 1.31 bits per heavy atom. The second kappa shape index (κ2) is 6.98. The number of methoxy groups -OCH3 is 1. The highest BCUT2D eigenvalue weighted by molar-refractivity contribution is 5.75. The summed E-state index contributed by atoms with van der Waals surface area (Å²) in [5.41, 5.74) is 7.48. The molecule has 0 atom stereocenters. The number of hydrogen-bond acceptors (Lipinski definition) is 3. The van der Waals surface area contributed by atoms with Gasteiger partial charge in [-0.25, -0.2) is 0 Å². The fraction of sp³-hybridized carbons (Fsp3) is 0.417. The van der Waals surface area contributed by atoms with E-state index in [2.05, 4.69) is 5.32 Å². The maximum atomic E-state index is 11.2. The van der Waals surface area contributed by atoms with Crippen LogP contribution in [0.2, 0.25) is 0 Å². The van der Waals surface area contributed by atoms with E-state index in [1.54, 1.807) is 7.11 Å². The molecule has 88 valence electrons. The number of nitrogens with two attached hydrogens (primary N) is 1. The normalized spacial score (nSPS) is 10.1. The quantitative estimate of drug-likeness (QED) is 0.748. The van der Waals surface area contributed by atoms with Crippen molar-refractivity contribution >= 4 is 5.91 Å². The van der Waals surface area contributed by atoms with Crippen LogP contribution in [0.1, 0.15) is 17.5 Å². The number of amides is 1. The average molecular weight is 222 g/mol. The van der Waals surface area contributed by atoms with E-state index >= 15 is 0 Å². The summed E-state index contributed by atoms with van der Waals surface area (Å²) in [5, 5.41) is 2.80. The van der Waals surface area contributed by atoms with Crippen LogP contribution in [0, 0.1) is 0 Å². The molecule has 0 aromatic heterocycles. The summed E-state index contributed by atoms with van der Waals surface area (Å²) in [7, 11) is 1.67. The van der Waals surface area contributed by atoms with Gasteiger partial charge in [0.25, 0.3) is 0 Å². The molecule has 4 heteroatoms. The Morgan fingerprint density at radius 2 is 1.94 bits per heavy atom. The second-order valence-electron chi connectivity index (χ2n) is 3.56. The third kappa shape index (κ3) is 4.42. The number of nitrogens with one attached hydrogen (secondary N) is 1. The van der Waals surface area contributed by atoms with Crippen molar-refractivity contribution < 1.29 is 9.53 Å². The summed E-state index contributed by atoms with van der Waals surface area (Å²) in [6.45, 7) is 1.55. The summed E-state index contributed by atoms with van der Waals surface area (Å²) < 4.78 is 5.01. The third-order valence-corrected chi connectivity index (χ3v) is 2.20. The predicted molar refractivity (Wildman–Crippen MR) is 62.7 cm³/mol. The predicted octanol–water partition coefficient (Wildman–Crippen LogP) is 0.798. The smallest absolute Gasteiger partial charge is 0.221 e. The van der Waals surface area contributed by atoms with Crippen molar-refractivity contribution in [1.29, 1.82) is 0 Å². The first kappa shape index (κ1) is 12.7. The van der Waals surface area contributed by atoms with Crippen LogP contribution in [-0.2, 0) is 22.7 Å². The highest BCUT2D eigenvalue weighted by atomic mass is 16.5. The van der Waals surface area contributed by atoms with Gasteiger partial charge in [0.05, 0.1) is 6.61 Å². The van der Waals surface area contributed by atoms with Gasteiger partial charge in [0.15, 0.2) is 0 Å². The van der Waals surface area contributed by atoms with Crippen LogP contribution in [0.4, 0.5) is 0 Å². The van der Waals surface area contributed by atoms with Crippen LogP contribution in [0.5, 0.6) is 0 Å². The fourth-order valence-electron chi connectivity index (χ4n) is 1.34. The van der Waals surface area contributed by atoms with Crippen LogP contribution < -0.4 is 11.1 Å². The van der Waals surface area contributed by atoms with Crippen LogP contribution in [0.3, 0.4) is 0 Å². The number of carbonyl (C=O) groups is 1. The zero-order valence-electron chi connectivity index (χ0n) is 9.53. The molecular formula is C12H18N2O2. The molecule has 1 aromatic carbocycles. The first-order valence-corrected chi connectivity index (χ1v) is 5.29. The standard InChI is InChI=1S/C12H18N2O2/c1-16-9-11-4-2-10(3-5-11)8-14-12(15)6-7-13/h2-5H,6-9,13H2,1H3,(H,14,15). The molecule has 0 aliphatic carbocycles. The topological polar surface area (TPSA) is 64.3 Å². The SMILES string of the molecule is COCc1ccc(CNC(=O)CCN)cc1. The van der Waals surface area contributed by atoms with Crippen molar-refractivity contribution in [2.24, 2.45) is 5.73 Å². The van der Waals surface area contributed by atoms with E-state index in [1.165, 1.54) is 0 Å². The van der Waals surface area contributed by atoms with Crippen molar-refractivity contribution in [3.63, 3.8) is 0 Å². The van der Waals surface area contributed by atoms with E-state index in [9.17, 15) is 4.79 Å². The van der Waals surface area contributed by atoms with Crippen molar-refractivity contribution in [2.75, 3.05) is 13.7 Å². The van der Waals surface area contributed by atoms with Gasteiger partial charge in [-0.3, -0.25) is 4.79 Å². The lowest BCUT2D eigenvalue weighted by Crippen LogP contribution is -2.24. The number of carbonyl (C=O) groups excluding carboxylic acids is 1. The van der Waals surface area contributed by atoms with Gasteiger partial charge in [0.2, 0.25) is 5.91 Å². The lowest BCUT2D eigenvalue weighted by Gasteiger charge is -2.05. The minimum Gasteiger partial charge on any atom is -0.380 e. The van der Waals surface area contributed by atoms with E-state index in [4.69, 9.17) is 10.5 Å². The van der Waals surface area contributed by atoms with Crippen LogP contribution in [0.25, 0.3) is 0 Å². The second-order valence-corrected chi connectivity index (χ2v) is 3.56. The van der Waals surface area contributed by atoms with Crippen molar-refractivity contribution in [3.8, 4) is 0 Å². The Labute approximate surface area is 95.8 Å². The number of hydrogen-bond donors (Lipinski definition) is 2. The average Bonchev–Trinajstić information content (AvgIpc) is 2.29. The minimum absolute atomic E-state index is 0.0107. The molecule has 0 fully saturated rings. The Bertz CT molecular complexity index is 322. The lowest BCUT2D eigenvalue weighted by atomic mass is 10.1. The zero-order valence-corrected chi connectivity index (χ0v) is 9.53. The van der Waals surface area contributed by atoms with Gasteiger partial charge >= 0.3 is 0 Å². The van der Waals surface area contributed by atoms with E-state index in [-0.39, 0.29) is 5.91 Å². The molecule has 0 spiro atoms. The third-order valence-electron chi connectivity index (χ3n) is 2.20. The molecule has 0 radical (unpaired) electrons. The molecule has 4 nitrogen and oxygen atoms in total. The first-order valence-electron chi connectivity index (χ1n) is 5.29. The summed E-state index contributed by atoms with van der Waals surface area (Å²) in [5.74, 6) is -0.0107. The first-order chi connectivity index (χ1) is 7.76. The molecule has 0 unspecified atom stereocenters. The molecular weight excluding hydrogens is 204 g/mol. The molecule has 0 aliphatic rings. The van der Waals surface area contributed by atoms with Gasteiger partial charge in [0, 0.05) is 26.6 Å². The van der Waals surface area contributed by atoms with Crippen molar-refractivity contribution in [2.45, 2.75) is 19.6 Å². The molecule has 16 heavy (non-hydrogen) atoms. The van der Waals surface area contributed by atoms with Gasteiger partial charge in [-0.1, -0.05) is 24.3 Å². The van der Waals surface area contributed by atoms with Crippen molar-refractivity contribution in [1.82, 2.24) is 5.32 Å². The number of rotatable bonds is 6. The Hall–Kier alpha value is -1.39. The summed E-state index contributed by atoms with van der Waals surface area (Å²) in [6, 6.07) is 7.95. The molecule has 3 N–H and O–H groups in total. The zero-order chi connectivity index (χ0) is 11.8. The van der Waals surface area contributed by atoms with E-state index in [0.29, 0.717) is 26.1 Å². The number of benzene rings is 1. The Balaban J connectivity index is 2.40. The summed E-state index contributed by atoms with van der Waals surface area (Å²) in [4.78, 5) is 11.2. The monoisotopic (exact) mass is 222 g/mol. The van der Waals surface area contributed by atoms with Gasteiger partial charge in [0.1, 0.15) is 0 Å². The maximum absolute atomic E-state index is 11.2. The van der Waals surface area contributed by atoms with Gasteiger partial charge < -0.3 is 15.8 Å². The van der Waals surface area contributed by atoms with E-state index in [1.807, 2.05) is 24.3 Å². The van der Waals surface area contributed by atoms with Gasteiger partial charge in [-0.15, -0.1) is 0 Å². The van der Waals surface area contributed by atoms with Gasteiger partial charge in [-0.05, 0) is 11.1 Å². The van der Waals surface area contributed by atoms with Crippen molar-refractivity contribution in [3.05, 3.63) is 35.4 Å². The summed E-state index contributed by atoms with van der Waals surface area (Å²) in [6.07, 6.45) is 0.377. The molecule has 1 aromatic rings. The molecule has 0 saturated carbocycles. The molecule has 1 rings (SSSR count). The molecule has 0 saturated heterocycles. The summed E-state index contributed by atoms with van der Waals surface area (Å²) >= 11 is 0. The Kier molecular flexibility index (Phi) is 5.53.